The Morgan fingerprint density at radius 3 is 2.54 bits per heavy atom. The first-order valence-corrected chi connectivity index (χ1v) is 14.3. The van der Waals surface area contributed by atoms with Crippen molar-refractivity contribution in [2.24, 2.45) is 0 Å². The van der Waals surface area contributed by atoms with Crippen molar-refractivity contribution in [3.8, 4) is 11.4 Å². The monoisotopic (exact) mass is 720 g/mol. The molecule has 4 rings (SSSR count). The number of alkyl halides is 5. The molecule has 0 aliphatic carbocycles. The molecule has 2 aromatic heterocycles. The molecule has 272 valence electrons. The van der Waals surface area contributed by atoms with Gasteiger partial charge in [0, 0.05) is 13.1 Å². The van der Waals surface area contributed by atoms with Gasteiger partial charge < -0.3 is 45.1 Å². The average Bonchev–Trinajstić information content (AvgIpc) is 3.53. The molecule has 1 saturated heterocycles. The average molecular weight is 721 g/mol. The molecule has 50 heavy (non-hydrogen) atoms. The fourth-order valence-corrected chi connectivity index (χ4v) is 4.87. The molecule has 1 aliphatic rings. The summed E-state index contributed by atoms with van der Waals surface area (Å²) in [5, 5.41) is 62.3. The van der Waals surface area contributed by atoms with Crippen LogP contribution in [0.25, 0.3) is 5.69 Å². The summed E-state index contributed by atoms with van der Waals surface area (Å²) >= 11 is 0. The van der Waals surface area contributed by atoms with Crippen LogP contribution in [0.1, 0.15) is 36.6 Å². The fraction of sp³-hybridized carbons (Fsp3) is 0.429. The summed E-state index contributed by atoms with van der Waals surface area (Å²) < 4.78 is 84.8. The molecule has 3 heterocycles. The number of nitrogens with one attached hydrogen (secondary N) is 2. The molecule has 1 aliphatic heterocycles. The first kappa shape index (κ1) is 37.8. The van der Waals surface area contributed by atoms with Crippen LogP contribution in [0.15, 0.2) is 42.9 Å². The van der Waals surface area contributed by atoms with Crippen molar-refractivity contribution < 1.29 is 76.1 Å². The van der Waals surface area contributed by atoms with E-state index in [1.807, 2.05) is 5.32 Å². The number of rotatable bonds is 12. The number of aliphatic hydroxyl groups excluding tert-OH is 4. The predicted octanol–water partition coefficient (Wildman–Crippen LogP) is 0.896. The molecule has 0 bridgehead atoms. The topological polar surface area (TPSA) is 248 Å². The molecular formula is C28H29F5N6O11. The number of hydrogen-bond donors (Lipinski definition) is 7. The number of carbonyl (C=O) groups excluding carboxylic acids is 2. The normalized spacial score (nSPS) is 22.0. The molecule has 0 saturated carbocycles. The third kappa shape index (κ3) is 8.57. The lowest BCUT2D eigenvalue weighted by molar-refractivity contribution is -0.284. The van der Waals surface area contributed by atoms with Gasteiger partial charge in [-0.15, -0.1) is 5.10 Å². The Balaban J connectivity index is 1.54. The molecule has 0 unspecified atom stereocenters. The van der Waals surface area contributed by atoms with Crippen LogP contribution in [-0.2, 0) is 31.8 Å². The van der Waals surface area contributed by atoms with E-state index in [-0.39, 0.29) is 11.4 Å². The second-order valence-electron chi connectivity index (χ2n) is 10.8. The lowest BCUT2D eigenvalue weighted by Crippen LogP contribution is -2.68. The van der Waals surface area contributed by atoms with Gasteiger partial charge in [-0.2, -0.15) is 13.2 Å². The van der Waals surface area contributed by atoms with E-state index in [2.05, 4.69) is 20.6 Å². The zero-order valence-electron chi connectivity index (χ0n) is 25.5. The molecule has 1 fully saturated rings. The van der Waals surface area contributed by atoms with Crippen LogP contribution in [0.3, 0.4) is 0 Å². The van der Waals surface area contributed by atoms with Crippen molar-refractivity contribution >= 4 is 23.7 Å². The van der Waals surface area contributed by atoms with Gasteiger partial charge in [-0.1, -0.05) is 5.21 Å². The highest BCUT2D eigenvalue weighted by molar-refractivity contribution is 5.85. The number of aliphatic hydroxyl groups is 4. The highest BCUT2D eigenvalue weighted by atomic mass is 19.4. The quantitative estimate of drug-likeness (QED) is 0.129. The minimum absolute atomic E-state index is 0.0703. The van der Waals surface area contributed by atoms with Gasteiger partial charge in [-0.05, 0) is 24.3 Å². The molecule has 22 heteroatoms. The molecule has 2 amide bonds. The van der Waals surface area contributed by atoms with Crippen molar-refractivity contribution in [3.05, 3.63) is 59.7 Å². The van der Waals surface area contributed by atoms with E-state index in [0.29, 0.717) is 6.07 Å². The van der Waals surface area contributed by atoms with Crippen molar-refractivity contribution in [1.29, 1.82) is 0 Å². The van der Waals surface area contributed by atoms with Gasteiger partial charge >= 0.3 is 24.0 Å². The molecule has 6 atom stereocenters. The van der Waals surface area contributed by atoms with Gasteiger partial charge in [0.25, 0.3) is 6.43 Å². The predicted molar refractivity (Wildman–Crippen MR) is 153 cm³/mol. The fourth-order valence-electron chi connectivity index (χ4n) is 4.87. The minimum Gasteiger partial charge on any atom is -0.476 e. The second kappa shape index (κ2) is 15.2. The third-order valence-corrected chi connectivity index (χ3v) is 7.21. The number of anilines is 1. The number of aromatic nitrogens is 4. The van der Waals surface area contributed by atoms with E-state index >= 15 is 0 Å². The van der Waals surface area contributed by atoms with Gasteiger partial charge in [0.15, 0.2) is 0 Å². The largest absolute Gasteiger partial charge is 0.476 e. The number of benzene rings is 1. The number of nitrogens with zero attached hydrogens (tertiary/aromatic N) is 4. The summed E-state index contributed by atoms with van der Waals surface area (Å²) in [7, 11) is 0. The van der Waals surface area contributed by atoms with Crippen molar-refractivity contribution in [3.63, 3.8) is 0 Å². The lowest BCUT2D eigenvalue weighted by Gasteiger charge is -2.46. The summed E-state index contributed by atoms with van der Waals surface area (Å²) in [6.07, 6.45) is -15.4. The smallest absolute Gasteiger partial charge is 0.418 e. The van der Waals surface area contributed by atoms with Gasteiger partial charge in [0.1, 0.15) is 36.4 Å². The molecule has 1 aromatic carbocycles. The van der Waals surface area contributed by atoms with Crippen molar-refractivity contribution in [1.82, 2.24) is 25.3 Å². The van der Waals surface area contributed by atoms with E-state index < -0.39 is 109 Å². The van der Waals surface area contributed by atoms with Crippen LogP contribution >= 0.6 is 0 Å². The van der Waals surface area contributed by atoms with Gasteiger partial charge in [0.05, 0.1) is 60.1 Å². The van der Waals surface area contributed by atoms with E-state index in [0.717, 1.165) is 48.4 Å². The summed E-state index contributed by atoms with van der Waals surface area (Å²) in [5.74, 6) is -6.42. The molecular weight excluding hydrogens is 691 g/mol. The zero-order valence-corrected chi connectivity index (χ0v) is 25.5. The Bertz CT molecular complexity index is 1700. The Labute approximate surface area is 277 Å². The number of ether oxygens (including phenoxy) is 3. The van der Waals surface area contributed by atoms with Crippen molar-refractivity contribution in [2.75, 3.05) is 11.9 Å². The number of carboxylic acids is 1. The SMILES string of the molecule is CC(=O)N[C@H]1[C@H]([C@H](O)[C@H](O)CO)O[C@@](Oc2ccc(-n3cc(COC(=O)Nc4cnccc4C(F)(F)F)nn3)cc2C(F)F)(C(=O)O)C[C@@H]1O. The Morgan fingerprint density at radius 1 is 1.20 bits per heavy atom. The maximum atomic E-state index is 14.3. The van der Waals surface area contributed by atoms with E-state index in [4.69, 9.17) is 14.2 Å². The number of carbonyl (C=O) groups is 3. The maximum Gasteiger partial charge on any atom is 0.418 e. The maximum absolute atomic E-state index is 14.3. The number of pyridine rings is 1. The minimum atomic E-state index is -4.80. The highest BCUT2D eigenvalue weighted by Gasteiger charge is 2.57. The Hall–Kier alpha value is -5.03. The summed E-state index contributed by atoms with van der Waals surface area (Å²) in [4.78, 5) is 39.8. The summed E-state index contributed by atoms with van der Waals surface area (Å²) in [5.41, 5.74) is -2.93. The highest BCUT2D eigenvalue weighted by Crippen LogP contribution is 2.39. The number of amides is 2. The first-order valence-electron chi connectivity index (χ1n) is 14.3. The number of carboxylic acid groups (broad SMARTS) is 1. The molecule has 17 nitrogen and oxygen atoms in total. The van der Waals surface area contributed by atoms with E-state index in [9.17, 15) is 61.9 Å². The third-order valence-electron chi connectivity index (χ3n) is 7.21. The number of aliphatic carboxylic acids is 1. The van der Waals surface area contributed by atoms with Crippen LogP contribution in [-0.4, -0.2) is 106 Å². The van der Waals surface area contributed by atoms with Crippen LogP contribution in [0, 0.1) is 0 Å². The number of hydrogen-bond acceptors (Lipinski definition) is 13. The standard InChI is InChI=1S/C28H29F5N6O11/c1-12(41)35-21-18(42)7-27(25(45)46,50-23(21)22(44)19(43)10-40)49-20-3-2-14(6-15(20)24(29)30)39-9-13(37-38-39)11-48-26(47)36-17-8-34-5-4-16(17)28(31,32)33/h2-6,8-9,18-19,21-24,40,42-44H,7,10-11H2,1H3,(H,35,41)(H,36,47)(H,45,46)/t18-,19+,21+,22+,23+,27+/m0/s1. The summed E-state index contributed by atoms with van der Waals surface area (Å²) in [6, 6.07) is 1.98. The zero-order chi connectivity index (χ0) is 37.0. The lowest BCUT2D eigenvalue weighted by atomic mass is 9.88. The molecule has 0 radical (unpaired) electrons. The van der Waals surface area contributed by atoms with Gasteiger partial charge in [0.2, 0.25) is 5.91 Å². The molecule has 3 aromatic rings. The van der Waals surface area contributed by atoms with Crippen LogP contribution in [0.5, 0.6) is 5.75 Å². The number of halogens is 5. The molecule has 7 N–H and O–H groups in total. The van der Waals surface area contributed by atoms with Crippen molar-refractivity contribution in [2.45, 2.75) is 68.8 Å². The van der Waals surface area contributed by atoms with Crippen LogP contribution < -0.4 is 15.4 Å². The summed E-state index contributed by atoms with van der Waals surface area (Å²) in [6.45, 7) is -0.625. The van der Waals surface area contributed by atoms with Gasteiger partial charge in [-0.3, -0.25) is 15.1 Å². The van der Waals surface area contributed by atoms with E-state index in [1.54, 1.807) is 0 Å². The first-order chi connectivity index (χ1) is 23.5. The van der Waals surface area contributed by atoms with E-state index in [1.165, 1.54) is 0 Å². The van der Waals surface area contributed by atoms with Crippen LogP contribution in [0.4, 0.5) is 32.4 Å². The van der Waals surface area contributed by atoms with Crippen LogP contribution in [0.2, 0.25) is 0 Å². The van der Waals surface area contributed by atoms with Gasteiger partial charge in [-0.25, -0.2) is 23.1 Å². The Morgan fingerprint density at radius 2 is 1.92 bits per heavy atom. The Kier molecular flexibility index (Phi) is 11.5. The second-order valence-corrected chi connectivity index (χ2v) is 10.8. The molecule has 0 spiro atoms.